The number of aryl methyl sites for hydroxylation is 1. The van der Waals surface area contributed by atoms with Gasteiger partial charge in [-0.05, 0) is 32.6 Å². The van der Waals surface area contributed by atoms with Gasteiger partial charge in [-0.1, -0.05) is 19.3 Å². The van der Waals surface area contributed by atoms with Crippen LogP contribution in [0.1, 0.15) is 44.6 Å². The SMILES string of the molecule is Cc1cnc(NN)nc1NC(C)C1CCCCC1. The minimum absolute atomic E-state index is 0.449. The van der Waals surface area contributed by atoms with Crippen molar-refractivity contribution in [3.05, 3.63) is 11.8 Å². The summed E-state index contributed by atoms with van der Waals surface area (Å²) in [5, 5.41) is 3.51. The summed E-state index contributed by atoms with van der Waals surface area (Å²) in [5.41, 5.74) is 3.54. The van der Waals surface area contributed by atoms with Crippen LogP contribution in [-0.2, 0) is 0 Å². The van der Waals surface area contributed by atoms with Gasteiger partial charge in [0.25, 0.3) is 0 Å². The molecule has 1 unspecified atom stereocenters. The monoisotopic (exact) mass is 249 g/mol. The second kappa shape index (κ2) is 6.00. The predicted octanol–water partition coefficient (Wildman–Crippen LogP) is 2.45. The summed E-state index contributed by atoms with van der Waals surface area (Å²) in [4.78, 5) is 8.46. The molecule has 100 valence electrons. The topological polar surface area (TPSA) is 75.9 Å². The molecular weight excluding hydrogens is 226 g/mol. The first-order chi connectivity index (χ1) is 8.70. The number of nitrogens with zero attached hydrogens (tertiary/aromatic N) is 2. The van der Waals surface area contributed by atoms with Gasteiger partial charge in [0.05, 0.1) is 0 Å². The Balaban J connectivity index is 2.03. The number of anilines is 2. The Morgan fingerprint density at radius 1 is 1.33 bits per heavy atom. The Kier molecular flexibility index (Phi) is 4.36. The highest BCUT2D eigenvalue weighted by molar-refractivity contribution is 5.46. The second-order valence-electron chi connectivity index (χ2n) is 5.20. The van der Waals surface area contributed by atoms with E-state index in [-0.39, 0.29) is 0 Å². The third kappa shape index (κ3) is 3.10. The van der Waals surface area contributed by atoms with Crippen LogP contribution in [0.5, 0.6) is 0 Å². The van der Waals surface area contributed by atoms with Crippen molar-refractivity contribution in [1.82, 2.24) is 9.97 Å². The van der Waals surface area contributed by atoms with E-state index < -0.39 is 0 Å². The van der Waals surface area contributed by atoms with E-state index in [9.17, 15) is 0 Å². The summed E-state index contributed by atoms with van der Waals surface area (Å²) in [5.74, 6) is 7.43. The maximum atomic E-state index is 5.34. The van der Waals surface area contributed by atoms with E-state index in [1.807, 2.05) is 6.92 Å². The molecule has 0 spiro atoms. The normalized spacial score (nSPS) is 18.4. The zero-order chi connectivity index (χ0) is 13.0. The van der Waals surface area contributed by atoms with E-state index in [2.05, 4.69) is 27.6 Å². The van der Waals surface area contributed by atoms with Gasteiger partial charge in [-0.2, -0.15) is 4.98 Å². The highest BCUT2D eigenvalue weighted by Gasteiger charge is 2.20. The van der Waals surface area contributed by atoms with E-state index in [1.54, 1.807) is 6.20 Å². The fourth-order valence-corrected chi connectivity index (χ4v) is 2.63. The Morgan fingerprint density at radius 3 is 2.72 bits per heavy atom. The van der Waals surface area contributed by atoms with Crippen LogP contribution >= 0.6 is 0 Å². The molecule has 1 heterocycles. The van der Waals surface area contributed by atoms with Crippen molar-refractivity contribution in [3.8, 4) is 0 Å². The van der Waals surface area contributed by atoms with E-state index in [0.717, 1.165) is 17.3 Å². The van der Waals surface area contributed by atoms with Crippen LogP contribution in [0.15, 0.2) is 6.20 Å². The first kappa shape index (κ1) is 13.1. The Bertz CT molecular complexity index is 387. The second-order valence-corrected chi connectivity index (χ2v) is 5.20. The fourth-order valence-electron chi connectivity index (χ4n) is 2.63. The summed E-state index contributed by atoms with van der Waals surface area (Å²) in [7, 11) is 0. The Labute approximate surface area is 109 Å². The van der Waals surface area contributed by atoms with Gasteiger partial charge in [0.1, 0.15) is 5.82 Å². The van der Waals surface area contributed by atoms with Crippen molar-refractivity contribution in [2.24, 2.45) is 11.8 Å². The molecule has 0 aromatic carbocycles. The van der Waals surface area contributed by atoms with E-state index in [1.165, 1.54) is 32.1 Å². The highest BCUT2D eigenvalue weighted by Crippen LogP contribution is 2.28. The molecule has 0 radical (unpaired) electrons. The summed E-state index contributed by atoms with van der Waals surface area (Å²) in [6, 6.07) is 0.449. The van der Waals surface area contributed by atoms with Crippen molar-refractivity contribution < 1.29 is 0 Å². The molecule has 1 atom stereocenters. The molecule has 5 nitrogen and oxygen atoms in total. The third-order valence-electron chi connectivity index (χ3n) is 3.82. The molecule has 0 amide bonds. The lowest BCUT2D eigenvalue weighted by molar-refractivity contribution is 0.328. The number of hydrogen-bond donors (Lipinski definition) is 3. The van der Waals surface area contributed by atoms with Gasteiger partial charge in [-0.3, -0.25) is 5.43 Å². The van der Waals surface area contributed by atoms with Gasteiger partial charge in [-0.15, -0.1) is 0 Å². The van der Waals surface area contributed by atoms with Gasteiger partial charge in [0, 0.05) is 17.8 Å². The van der Waals surface area contributed by atoms with Crippen LogP contribution in [0.25, 0.3) is 0 Å². The smallest absolute Gasteiger partial charge is 0.239 e. The molecule has 0 bridgehead atoms. The van der Waals surface area contributed by atoms with Gasteiger partial charge in [-0.25, -0.2) is 10.8 Å². The quantitative estimate of drug-likeness (QED) is 0.564. The van der Waals surface area contributed by atoms with Crippen molar-refractivity contribution in [2.75, 3.05) is 10.7 Å². The van der Waals surface area contributed by atoms with Crippen LogP contribution in [0.4, 0.5) is 11.8 Å². The summed E-state index contributed by atoms with van der Waals surface area (Å²) in [6.07, 6.45) is 8.53. The molecule has 1 saturated carbocycles. The van der Waals surface area contributed by atoms with Crippen molar-refractivity contribution in [3.63, 3.8) is 0 Å². The third-order valence-corrected chi connectivity index (χ3v) is 3.82. The first-order valence-corrected chi connectivity index (χ1v) is 6.77. The number of nitrogens with two attached hydrogens (primary N) is 1. The Hall–Kier alpha value is -1.36. The standard InChI is InChI=1S/C13H23N5/c1-9-8-15-13(18-14)17-12(9)16-10(2)11-6-4-3-5-7-11/h8,10-11H,3-7,14H2,1-2H3,(H2,15,16,17,18). The lowest BCUT2D eigenvalue weighted by Crippen LogP contribution is -2.28. The molecule has 0 aliphatic heterocycles. The molecule has 1 aliphatic rings. The Morgan fingerprint density at radius 2 is 2.06 bits per heavy atom. The van der Waals surface area contributed by atoms with Gasteiger partial charge >= 0.3 is 0 Å². The van der Waals surface area contributed by atoms with Crippen LogP contribution in [-0.4, -0.2) is 16.0 Å². The molecule has 18 heavy (non-hydrogen) atoms. The van der Waals surface area contributed by atoms with E-state index in [4.69, 9.17) is 5.84 Å². The summed E-state index contributed by atoms with van der Waals surface area (Å²) in [6.45, 7) is 4.25. The maximum absolute atomic E-state index is 5.34. The fraction of sp³-hybridized carbons (Fsp3) is 0.692. The molecule has 1 aliphatic carbocycles. The number of aromatic nitrogens is 2. The maximum Gasteiger partial charge on any atom is 0.239 e. The van der Waals surface area contributed by atoms with Crippen LogP contribution in [0.3, 0.4) is 0 Å². The average molecular weight is 249 g/mol. The summed E-state index contributed by atoms with van der Waals surface area (Å²) >= 11 is 0. The van der Waals surface area contributed by atoms with Crippen LogP contribution < -0.4 is 16.6 Å². The molecule has 1 aromatic heterocycles. The van der Waals surface area contributed by atoms with Crippen molar-refractivity contribution in [2.45, 2.75) is 52.0 Å². The largest absolute Gasteiger partial charge is 0.367 e. The van der Waals surface area contributed by atoms with Crippen LogP contribution in [0, 0.1) is 12.8 Å². The lowest BCUT2D eigenvalue weighted by atomic mass is 9.84. The molecule has 1 aromatic rings. The average Bonchev–Trinajstić information content (AvgIpc) is 2.42. The van der Waals surface area contributed by atoms with Gasteiger partial charge in [0.15, 0.2) is 0 Å². The molecule has 4 N–H and O–H groups in total. The minimum atomic E-state index is 0.449. The van der Waals surface area contributed by atoms with Crippen LogP contribution in [0.2, 0.25) is 0 Å². The van der Waals surface area contributed by atoms with E-state index in [0.29, 0.717) is 12.0 Å². The molecule has 1 fully saturated rings. The molecule has 5 heteroatoms. The summed E-state index contributed by atoms with van der Waals surface area (Å²) < 4.78 is 0. The molecule has 0 saturated heterocycles. The predicted molar refractivity (Wildman–Crippen MR) is 74.2 cm³/mol. The minimum Gasteiger partial charge on any atom is -0.367 e. The zero-order valence-corrected chi connectivity index (χ0v) is 11.2. The number of hydrogen-bond acceptors (Lipinski definition) is 5. The van der Waals surface area contributed by atoms with Gasteiger partial charge < -0.3 is 5.32 Å². The molecule has 2 rings (SSSR count). The van der Waals surface area contributed by atoms with Gasteiger partial charge in [0.2, 0.25) is 5.95 Å². The zero-order valence-electron chi connectivity index (χ0n) is 11.2. The lowest BCUT2D eigenvalue weighted by Gasteiger charge is -2.29. The number of nitrogens with one attached hydrogen (secondary N) is 2. The number of hydrazine groups is 1. The molecular formula is C13H23N5. The van der Waals surface area contributed by atoms with E-state index >= 15 is 0 Å². The number of nitrogen functional groups attached to an aromatic ring is 1. The van der Waals surface area contributed by atoms with Crippen molar-refractivity contribution in [1.29, 1.82) is 0 Å². The van der Waals surface area contributed by atoms with Crippen molar-refractivity contribution >= 4 is 11.8 Å². The highest BCUT2D eigenvalue weighted by atomic mass is 15.3. The number of rotatable bonds is 4. The first-order valence-electron chi connectivity index (χ1n) is 6.77.